The van der Waals surface area contributed by atoms with Crippen molar-refractivity contribution in [1.29, 1.82) is 0 Å². The second-order valence-electron chi connectivity index (χ2n) is 11.0. The third-order valence-electron chi connectivity index (χ3n) is 8.85. The molecule has 8 atom stereocenters. The molecule has 0 saturated heterocycles. The molecule has 208 valence electrons. The second kappa shape index (κ2) is 9.26. The van der Waals surface area contributed by atoms with Gasteiger partial charge in [0.25, 0.3) is 0 Å². The molecule has 2 unspecified atom stereocenters. The molecule has 1 amide bonds. The predicted octanol–water partition coefficient (Wildman–Crippen LogP) is -0.122. The maximum Gasteiger partial charge on any atom is 0.235 e. The second-order valence-corrected chi connectivity index (χ2v) is 11.0. The van der Waals surface area contributed by atoms with Crippen LogP contribution in [-0.2, 0) is 19.2 Å². The summed E-state index contributed by atoms with van der Waals surface area (Å²) in [5, 5.41) is 34.6. The number of carbonyl (C=O) groups is 6. The number of rotatable bonds is 4. The molecule has 0 radical (unpaired) electrons. The Labute approximate surface area is 228 Å². The molecular formula is C29H28N2O9. The first kappa shape index (κ1) is 27.5. The van der Waals surface area contributed by atoms with Crippen LogP contribution < -0.4 is 5.73 Å². The van der Waals surface area contributed by atoms with Gasteiger partial charge in [0, 0.05) is 17.0 Å². The largest absolute Gasteiger partial charge is 0.507 e. The van der Waals surface area contributed by atoms with E-state index in [1.165, 1.54) is 31.1 Å². The number of fused-ring (bicyclic) bond motifs is 3. The van der Waals surface area contributed by atoms with Gasteiger partial charge in [0.1, 0.15) is 12.0 Å². The van der Waals surface area contributed by atoms with Crippen molar-refractivity contribution in [2.24, 2.45) is 29.4 Å². The van der Waals surface area contributed by atoms with Crippen LogP contribution >= 0.6 is 0 Å². The van der Waals surface area contributed by atoms with Crippen LogP contribution in [-0.4, -0.2) is 87.4 Å². The van der Waals surface area contributed by atoms with Gasteiger partial charge < -0.3 is 21.1 Å². The zero-order chi connectivity index (χ0) is 29.4. The first-order chi connectivity index (χ1) is 18.8. The van der Waals surface area contributed by atoms with E-state index in [0.717, 1.165) is 0 Å². The van der Waals surface area contributed by atoms with E-state index in [1.807, 2.05) is 0 Å². The number of likely N-dealkylation sites (N-methyl/N-ethyl adjacent to an activating group) is 1. The van der Waals surface area contributed by atoms with Gasteiger partial charge in [0.05, 0.1) is 29.5 Å². The highest BCUT2D eigenvalue weighted by atomic mass is 16.3. The highest BCUT2D eigenvalue weighted by Crippen LogP contribution is 2.55. The lowest BCUT2D eigenvalue weighted by Crippen LogP contribution is -2.77. The van der Waals surface area contributed by atoms with Gasteiger partial charge in [-0.05, 0) is 31.1 Å². The molecule has 5 N–H and O–H groups in total. The molecule has 0 heterocycles. The lowest BCUT2D eigenvalue weighted by atomic mass is 9.49. The number of nitrogens with zero attached hydrogens (tertiary/aromatic N) is 1. The third kappa shape index (κ3) is 3.48. The fourth-order valence-corrected chi connectivity index (χ4v) is 6.96. The lowest BCUT2D eigenvalue weighted by molar-refractivity contribution is -0.196. The van der Waals surface area contributed by atoms with Crippen molar-refractivity contribution in [1.82, 2.24) is 4.90 Å². The van der Waals surface area contributed by atoms with Gasteiger partial charge in [-0.2, -0.15) is 0 Å². The van der Waals surface area contributed by atoms with Gasteiger partial charge in [0.15, 0.2) is 34.7 Å². The van der Waals surface area contributed by atoms with E-state index in [4.69, 9.17) is 5.73 Å². The van der Waals surface area contributed by atoms with Crippen molar-refractivity contribution >= 4 is 35.3 Å². The molecule has 11 heteroatoms. The Hall–Kier alpha value is -4.06. The maximum atomic E-state index is 14.0. The van der Waals surface area contributed by atoms with E-state index < -0.39 is 82.1 Å². The molecule has 0 spiro atoms. The van der Waals surface area contributed by atoms with Crippen molar-refractivity contribution in [3.63, 3.8) is 0 Å². The Balaban J connectivity index is 1.68. The highest BCUT2D eigenvalue weighted by molar-refractivity contribution is 6.32. The van der Waals surface area contributed by atoms with Gasteiger partial charge in [-0.1, -0.05) is 43.3 Å². The third-order valence-corrected chi connectivity index (χ3v) is 8.85. The molecule has 11 nitrogen and oxygen atoms in total. The predicted molar refractivity (Wildman–Crippen MR) is 138 cm³/mol. The van der Waals surface area contributed by atoms with Crippen LogP contribution in [0.25, 0.3) is 11.1 Å². The molecular weight excluding hydrogens is 520 g/mol. The van der Waals surface area contributed by atoms with Crippen LogP contribution in [0.3, 0.4) is 0 Å². The smallest absolute Gasteiger partial charge is 0.235 e. The number of amides is 1. The Morgan fingerprint density at radius 1 is 1.02 bits per heavy atom. The van der Waals surface area contributed by atoms with Crippen LogP contribution in [0.1, 0.15) is 39.1 Å². The standard InChI is InChI=1S/C29H28N2O9/c1-11-14-8-9-15(13-6-4-12(10-32)5-7-13)22(33)17(14)23(34)18-16(11)24(35)20-21(31(2)3)25(36)19(28(30)39)27(38)29(20,40)26(18)37/h4-11,16,18-21,24,33,35,40H,1-3H3,(H2,30,39)/t11-,16+,18?,19?,20+,21-,24-,29-/m1/s1. The molecule has 0 aliphatic heterocycles. The van der Waals surface area contributed by atoms with Crippen molar-refractivity contribution in [2.45, 2.75) is 30.6 Å². The number of carbonyl (C=O) groups excluding carboxylic acids is 6. The van der Waals surface area contributed by atoms with Gasteiger partial charge in [-0.15, -0.1) is 0 Å². The molecule has 0 aromatic heterocycles. The van der Waals surface area contributed by atoms with Gasteiger partial charge in [-0.3, -0.25) is 33.7 Å². The minimum atomic E-state index is -3.05. The fraction of sp³-hybridized carbons (Fsp3) is 0.379. The summed E-state index contributed by atoms with van der Waals surface area (Å²) in [5.41, 5.74) is 3.57. The number of ketones is 4. The number of hydrogen-bond donors (Lipinski definition) is 4. The normalized spacial score (nSPS) is 33.3. The summed E-state index contributed by atoms with van der Waals surface area (Å²) < 4.78 is 0. The van der Waals surface area contributed by atoms with E-state index in [0.29, 0.717) is 23.0 Å². The first-order valence-corrected chi connectivity index (χ1v) is 12.7. The Bertz CT molecular complexity index is 1500. The van der Waals surface area contributed by atoms with Crippen LogP contribution in [0.5, 0.6) is 5.75 Å². The Morgan fingerprint density at radius 2 is 1.65 bits per heavy atom. The fourth-order valence-electron chi connectivity index (χ4n) is 6.96. The van der Waals surface area contributed by atoms with Gasteiger partial charge in [-0.25, -0.2) is 0 Å². The quantitative estimate of drug-likeness (QED) is 0.296. The summed E-state index contributed by atoms with van der Waals surface area (Å²) >= 11 is 0. The number of phenols is 1. The van der Waals surface area contributed by atoms with Crippen LogP contribution in [0, 0.1) is 23.7 Å². The number of aliphatic hydroxyl groups excluding tert-OH is 1. The number of phenolic OH excluding ortho intramolecular Hbond substituents is 1. The minimum Gasteiger partial charge on any atom is -0.507 e. The van der Waals surface area contributed by atoms with E-state index in [-0.39, 0.29) is 11.1 Å². The van der Waals surface area contributed by atoms with E-state index in [9.17, 15) is 44.1 Å². The average molecular weight is 549 g/mol. The monoisotopic (exact) mass is 548 g/mol. The van der Waals surface area contributed by atoms with E-state index >= 15 is 0 Å². The summed E-state index contributed by atoms with van der Waals surface area (Å²) in [5.74, 6) is -13.7. The number of nitrogens with two attached hydrogens (primary N) is 1. The molecule has 40 heavy (non-hydrogen) atoms. The molecule has 2 aromatic rings. The van der Waals surface area contributed by atoms with Gasteiger partial charge >= 0.3 is 0 Å². The lowest BCUT2D eigenvalue weighted by Gasteiger charge is -2.56. The molecule has 2 aromatic carbocycles. The number of benzene rings is 2. The topological polar surface area (TPSA) is 192 Å². The van der Waals surface area contributed by atoms with E-state index in [1.54, 1.807) is 31.2 Å². The first-order valence-electron chi connectivity index (χ1n) is 12.7. The highest BCUT2D eigenvalue weighted by Gasteiger charge is 2.72. The van der Waals surface area contributed by atoms with Crippen molar-refractivity contribution in [3.05, 3.63) is 53.1 Å². The van der Waals surface area contributed by atoms with Gasteiger partial charge in [0.2, 0.25) is 5.91 Å². The number of Topliss-reactive ketones (excluding diaryl/α,β-unsaturated/α-hetero) is 4. The van der Waals surface area contributed by atoms with E-state index in [2.05, 4.69) is 0 Å². The number of aliphatic hydroxyl groups is 2. The summed E-state index contributed by atoms with van der Waals surface area (Å²) in [4.78, 5) is 79.0. The summed E-state index contributed by atoms with van der Waals surface area (Å²) in [7, 11) is 2.87. The summed E-state index contributed by atoms with van der Waals surface area (Å²) in [6.45, 7) is 1.64. The molecule has 5 rings (SSSR count). The number of aromatic hydroxyl groups is 1. The summed E-state index contributed by atoms with van der Waals surface area (Å²) in [6, 6.07) is 7.98. The van der Waals surface area contributed by atoms with Crippen molar-refractivity contribution in [3.8, 4) is 16.9 Å². The molecule has 2 fully saturated rings. The van der Waals surface area contributed by atoms with Crippen molar-refractivity contribution in [2.75, 3.05) is 14.1 Å². The van der Waals surface area contributed by atoms with Crippen LogP contribution in [0.4, 0.5) is 0 Å². The van der Waals surface area contributed by atoms with Crippen molar-refractivity contribution < 1.29 is 44.1 Å². The summed E-state index contributed by atoms with van der Waals surface area (Å²) in [6.07, 6.45) is -1.03. The molecule has 3 aliphatic rings. The zero-order valence-corrected chi connectivity index (χ0v) is 21.9. The number of aldehydes is 1. The number of hydrogen-bond acceptors (Lipinski definition) is 10. The average Bonchev–Trinajstić information content (AvgIpc) is 2.90. The maximum absolute atomic E-state index is 14.0. The molecule has 2 saturated carbocycles. The minimum absolute atomic E-state index is 0.191. The zero-order valence-electron chi connectivity index (χ0n) is 21.9. The SMILES string of the molecule is C[C@@H]1c2ccc(-c3ccc(C=O)cc3)c(O)c2C(=O)C2C(=O)[C@@]3(O)C(=O)C(C(N)=O)C(=O)[C@H](N(C)C)[C@H]3[C@H](O)[C@H]21. The Morgan fingerprint density at radius 3 is 2.20 bits per heavy atom. The molecule has 0 bridgehead atoms. The van der Waals surface area contributed by atoms with Crippen LogP contribution in [0.2, 0.25) is 0 Å². The Kier molecular flexibility index (Phi) is 6.36. The number of primary amides is 1. The molecule has 3 aliphatic carbocycles. The van der Waals surface area contributed by atoms with Crippen LogP contribution in [0.15, 0.2) is 36.4 Å².